The molecule has 1 aromatic carbocycles. The van der Waals surface area contributed by atoms with Crippen molar-refractivity contribution in [2.45, 2.75) is 13.3 Å². The first-order chi connectivity index (χ1) is 10.5. The molecule has 2 aromatic rings. The van der Waals surface area contributed by atoms with E-state index in [1.807, 2.05) is 43.1 Å². The number of nitrogens with one attached hydrogen (secondary N) is 1. The van der Waals surface area contributed by atoms with Gasteiger partial charge in [-0.05, 0) is 17.7 Å². The Kier molecular flexibility index (Phi) is 5.74. The van der Waals surface area contributed by atoms with E-state index >= 15 is 0 Å². The summed E-state index contributed by atoms with van der Waals surface area (Å²) in [6, 6.07) is 7.72. The quantitative estimate of drug-likeness (QED) is 0.879. The summed E-state index contributed by atoms with van der Waals surface area (Å²) in [5, 5.41) is 13.6. The molecule has 0 saturated carbocycles. The molecule has 1 amide bonds. The molecule has 2 rings (SSSR count). The zero-order valence-corrected chi connectivity index (χ0v) is 14.4. The van der Waals surface area contributed by atoms with Crippen LogP contribution in [0.5, 0.6) is 0 Å². The molecule has 1 heterocycles. The molecule has 5 nitrogen and oxygen atoms in total. The van der Waals surface area contributed by atoms with Gasteiger partial charge < -0.3 is 10.2 Å². The van der Waals surface area contributed by atoms with Gasteiger partial charge in [-0.15, -0.1) is 10.2 Å². The summed E-state index contributed by atoms with van der Waals surface area (Å²) in [6.07, 6.45) is 0.730. The Bertz CT molecular complexity index is 629. The minimum atomic E-state index is -0.0985. The first-order valence-corrected chi connectivity index (χ1v) is 8.18. The average Bonchev–Trinajstić information content (AvgIpc) is 2.97. The molecule has 0 aliphatic heterocycles. The Morgan fingerprint density at radius 1 is 1.36 bits per heavy atom. The molecule has 0 bridgehead atoms. The van der Waals surface area contributed by atoms with Crippen molar-refractivity contribution < 1.29 is 4.79 Å². The van der Waals surface area contributed by atoms with Crippen molar-refractivity contribution in [2.75, 3.05) is 25.5 Å². The highest BCUT2D eigenvalue weighted by Crippen LogP contribution is 2.22. The summed E-state index contributed by atoms with van der Waals surface area (Å²) in [7, 11) is 3.57. The maximum absolute atomic E-state index is 11.6. The summed E-state index contributed by atoms with van der Waals surface area (Å²) < 4.78 is 0. The summed E-state index contributed by atoms with van der Waals surface area (Å²) in [6.45, 7) is 2.50. The number of carbonyl (C=O) groups excluding carboxylic acids is 1. The van der Waals surface area contributed by atoms with E-state index in [9.17, 15) is 4.79 Å². The van der Waals surface area contributed by atoms with Crippen LogP contribution in [0.15, 0.2) is 24.3 Å². The third kappa shape index (κ3) is 4.42. The fourth-order valence-corrected chi connectivity index (χ4v) is 3.03. The second-order valence-corrected chi connectivity index (χ2v) is 6.65. The van der Waals surface area contributed by atoms with Crippen molar-refractivity contribution in [3.63, 3.8) is 0 Å². The van der Waals surface area contributed by atoms with Crippen molar-refractivity contribution in [3.8, 4) is 0 Å². The molecule has 1 atom stereocenters. The van der Waals surface area contributed by atoms with Crippen LogP contribution in [0.25, 0.3) is 0 Å². The Labute approximate surface area is 139 Å². The van der Waals surface area contributed by atoms with E-state index in [-0.39, 0.29) is 11.8 Å². The van der Waals surface area contributed by atoms with Crippen LogP contribution in [0.1, 0.15) is 17.5 Å². The molecule has 0 aliphatic rings. The fourth-order valence-electron chi connectivity index (χ4n) is 2.07. The normalized spacial score (nSPS) is 12.0. The maximum atomic E-state index is 11.6. The van der Waals surface area contributed by atoms with Crippen LogP contribution in [0.2, 0.25) is 5.02 Å². The highest BCUT2D eigenvalue weighted by atomic mass is 35.5. The van der Waals surface area contributed by atoms with Gasteiger partial charge >= 0.3 is 0 Å². The number of rotatable bonds is 6. The summed E-state index contributed by atoms with van der Waals surface area (Å²) in [5.41, 5.74) is 1.15. The fraction of sp³-hybridized carbons (Fsp3) is 0.400. The van der Waals surface area contributed by atoms with E-state index in [0.717, 1.165) is 27.1 Å². The lowest BCUT2D eigenvalue weighted by molar-refractivity contribution is -0.123. The number of benzene rings is 1. The smallest absolute Gasteiger partial charge is 0.224 e. The first kappa shape index (κ1) is 16.7. The highest BCUT2D eigenvalue weighted by molar-refractivity contribution is 7.15. The van der Waals surface area contributed by atoms with Gasteiger partial charge in [0, 0.05) is 32.1 Å². The Hall–Kier alpha value is -1.66. The minimum absolute atomic E-state index is 0.0257. The number of carbonyl (C=O) groups is 1. The van der Waals surface area contributed by atoms with Crippen molar-refractivity contribution in [1.82, 2.24) is 15.5 Å². The van der Waals surface area contributed by atoms with Crippen LogP contribution >= 0.6 is 22.9 Å². The molecular formula is C15H19ClN4OS. The number of nitrogens with zero attached hydrogens (tertiary/aromatic N) is 3. The van der Waals surface area contributed by atoms with E-state index in [1.54, 1.807) is 18.4 Å². The predicted molar refractivity (Wildman–Crippen MR) is 90.7 cm³/mol. The van der Waals surface area contributed by atoms with E-state index in [4.69, 9.17) is 11.6 Å². The van der Waals surface area contributed by atoms with Crippen LogP contribution < -0.4 is 10.2 Å². The van der Waals surface area contributed by atoms with Gasteiger partial charge in [0.2, 0.25) is 11.0 Å². The van der Waals surface area contributed by atoms with Gasteiger partial charge in [0.15, 0.2) is 0 Å². The molecule has 0 saturated heterocycles. The highest BCUT2D eigenvalue weighted by Gasteiger charge is 2.16. The van der Waals surface area contributed by atoms with Crippen molar-refractivity contribution >= 4 is 34.0 Å². The molecule has 118 valence electrons. The van der Waals surface area contributed by atoms with Gasteiger partial charge in [-0.2, -0.15) is 0 Å². The molecule has 0 spiro atoms. The van der Waals surface area contributed by atoms with Gasteiger partial charge in [0.25, 0.3) is 0 Å². The summed E-state index contributed by atoms with van der Waals surface area (Å²) in [5.74, 6) is -0.0728. The second-order valence-electron chi connectivity index (χ2n) is 5.18. The Morgan fingerprint density at radius 2 is 2.05 bits per heavy atom. The van der Waals surface area contributed by atoms with Gasteiger partial charge in [-0.25, -0.2) is 0 Å². The molecule has 0 aliphatic carbocycles. The van der Waals surface area contributed by atoms with Crippen molar-refractivity contribution in [3.05, 3.63) is 39.9 Å². The molecule has 0 radical (unpaired) electrons. The topological polar surface area (TPSA) is 58.1 Å². The molecule has 0 fully saturated rings. The summed E-state index contributed by atoms with van der Waals surface area (Å²) in [4.78, 5) is 13.5. The van der Waals surface area contributed by atoms with Crippen LogP contribution in [0.3, 0.4) is 0 Å². The number of hydrogen-bond acceptors (Lipinski definition) is 5. The molecular weight excluding hydrogens is 320 g/mol. The zero-order chi connectivity index (χ0) is 16.1. The van der Waals surface area contributed by atoms with E-state index < -0.39 is 0 Å². The average molecular weight is 339 g/mol. The minimum Gasteiger partial charge on any atom is -0.359 e. The maximum Gasteiger partial charge on any atom is 0.224 e. The van der Waals surface area contributed by atoms with Gasteiger partial charge in [-0.3, -0.25) is 4.79 Å². The van der Waals surface area contributed by atoms with E-state index in [0.29, 0.717) is 6.54 Å². The van der Waals surface area contributed by atoms with Crippen LogP contribution in [0, 0.1) is 5.92 Å². The van der Waals surface area contributed by atoms with Crippen molar-refractivity contribution in [1.29, 1.82) is 0 Å². The molecule has 7 heteroatoms. The number of anilines is 1. The number of halogens is 1. The first-order valence-electron chi connectivity index (χ1n) is 6.99. The lowest BCUT2D eigenvalue weighted by Gasteiger charge is -2.19. The lowest BCUT2D eigenvalue weighted by Crippen LogP contribution is -2.34. The van der Waals surface area contributed by atoms with Gasteiger partial charge in [-0.1, -0.05) is 42.0 Å². The van der Waals surface area contributed by atoms with Crippen LogP contribution in [-0.2, 0) is 11.2 Å². The number of amides is 1. The number of aromatic nitrogens is 2. The Morgan fingerprint density at radius 3 is 2.68 bits per heavy atom. The second kappa shape index (κ2) is 7.56. The van der Waals surface area contributed by atoms with Gasteiger partial charge in [0.05, 0.1) is 5.92 Å². The van der Waals surface area contributed by atoms with Crippen LogP contribution in [-0.4, -0.2) is 36.7 Å². The van der Waals surface area contributed by atoms with E-state index in [1.165, 1.54) is 0 Å². The standard InChI is InChI=1S/C15H19ClN4OS/c1-10(14(21)17-2)9-20(3)15-19-18-13(22-15)8-11-4-6-12(16)7-5-11/h4-7,10H,8-9H2,1-3H3,(H,17,21). The predicted octanol–water partition coefficient (Wildman–Crippen LogP) is 2.60. The van der Waals surface area contributed by atoms with E-state index in [2.05, 4.69) is 15.5 Å². The van der Waals surface area contributed by atoms with Crippen molar-refractivity contribution in [2.24, 2.45) is 5.92 Å². The zero-order valence-electron chi connectivity index (χ0n) is 12.8. The van der Waals surface area contributed by atoms with Gasteiger partial charge in [0.1, 0.15) is 5.01 Å². The largest absolute Gasteiger partial charge is 0.359 e. The Balaban J connectivity index is 1.98. The summed E-state index contributed by atoms with van der Waals surface area (Å²) >= 11 is 7.42. The molecule has 22 heavy (non-hydrogen) atoms. The molecule has 1 unspecified atom stereocenters. The monoisotopic (exact) mass is 338 g/mol. The molecule has 1 N–H and O–H groups in total. The SMILES string of the molecule is CNC(=O)C(C)CN(C)c1nnc(Cc2ccc(Cl)cc2)s1. The lowest BCUT2D eigenvalue weighted by atomic mass is 10.1. The van der Waals surface area contributed by atoms with Crippen LogP contribution in [0.4, 0.5) is 5.13 Å². The molecule has 1 aromatic heterocycles. The third-order valence-electron chi connectivity index (χ3n) is 3.29. The third-order valence-corrected chi connectivity index (χ3v) is 4.58. The number of hydrogen-bond donors (Lipinski definition) is 1.